The number of aryl methyl sites for hydroxylation is 1. The molecule has 0 aromatic carbocycles. The van der Waals surface area contributed by atoms with Crippen LogP contribution in [0.5, 0.6) is 0 Å². The zero-order valence-corrected chi connectivity index (χ0v) is 14.4. The van der Waals surface area contributed by atoms with Crippen molar-refractivity contribution in [2.24, 2.45) is 7.05 Å². The summed E-state index contributed by atoms with van der Waals surface area (Å²) in [7, 11) is 3.56. The molecule has 6 heteroatoms. The summed E-state index contributed by atoms with van der Waals surface area (Å²) < 4.78 is 7.07. The molecule has 1 aliphatic carbocycles. The van der Waals surface area contributed by atoms with E-state index in [1.807, 2.05) is 17.8 Å². The van der Waals surface area contributed by atoms with Gasteiger partial charge in [-0.3, -0.25) is 14.8 Å². The summed E-state index contributed by atoms with van der Waals surface area (Å²) in [5.41, 5.74) is 1.02. The highest BCUT2D eigenvalue weighted by Gasteiger charge is 2.18. The number of carbonyl (C=O) groups is 1. The number of hydrogen-bond acceptors (Lipinski definition) is 4. The van der Waals surface area contributed by atoms with Crippen LogP contribution in [0, 0.1) is 0 Å². The summed E-state index contributed by atoms with van der Waals surface area (Å²) in [6.45, 7) is 0.811. The minimum absolute atomic E-state index is 0.0319. The van der Waals surface area contributed by atoms with E-state index in [0.717, 1.165) is 18.5 Å². The number of carbonyl (C=O) groups excluding carboxylic acids is 1. The van der Waals surface area contributed by atoms with E-state index in [0.29, 0.717) is 19.2 Å². The lowest BCUT2D eigenvalue weighted by Gasteiger charge is -2.22. The van der Waals surface area contributed by atoms with Gasteiger partial charge in [0.25, 0.3) is 0 Å². The van der Waals surface area contributed by atoms with E-state index in [9.17, 15) is 4.79 Å². The van der Waals surface area contributed by atoms with Crippen LogP contribution in [0.2, 0.25) is 0 Å². The van der Waals surface area contributed by atoms with E-state index in [4.69, 9.17) is 4.74 Å². The minimum atomic E-state index is -0.0319. The highest BCUT2D eigenvalue weighted by Crippen LogP contribution is 2.17. The predicted octanol–water partition coefficient (Wildman–Crippen LogP) is 1.93. The van der Waals surface area contributed by atoms with E-state index >= 15 is 0 Å². The van der Waals surface area contributed by atoms with Gasteiger partial charge in [-0.1, -0.05) is 32.1 Å². The van der Waals surface area contributed by atoms with Crippen molar-refractivity contribution in [1.29, 1.82) is 0 Å². The van der Waals surface area contributed by atoms with Crippen LogP contribution in [0.25, 0.3) is 0 Å². The molecule has 1 aromatic heterocycles. The Morgan fingerprint density at radius 3 is 2.65 bits per heavy atom. The number of amides is 1. The summed E-state index contributed by atoms with van der Waals surface area (Å²) in [6.07, 6.45) is 10.3. The van der Waals surface area contributed by atoms with Gasteiger partial charge in [-0.25, -0.2) is 0 Å². The van der Waals surface area contributed by atoms with Crippen LogP contribution in [-0.4, -0.2) is 42.0 Å². The fourth-order valence-electron chi connectivity index (χ4n) is 3.24. The molecule has 0 radical (unpaired) electrons. The Balaban J connectivity index is 1.80. The van der Waals surface area contributed by atoms with Crippen LogP contribution in [0.4, 0.5) is 0 Å². The normalized spacial score (nSPS) is 18.2. The summed E-state index contributed by atoms with van der Waals surface area (Å²) in [6, 6.07) is 2.25. The Labute approximate surface area is 139 Å². The first kappa shape index (κ1) is 17.9. The molecule has 0 unspecified atom stereocenters. The van der Waals surface area contributed by atoms with Gasteiger partial charge in [-0.15, -0.1) is 0 Å². The summed E-state index contributed by atoms with van der Waals surface area (Å²) in [5, 5.41) is 10.6. The van der Waals surface area contributed by atoms with E-state index in [1.165, 1.54) is 32.1 Å². The average molecular weight is 322 g/mol. The van der Waals surface area contributed by atoms with Gasteiger partial charge in [-0.05, 0) is 18.9 Å². The molecule has 1 atom stereocenters. The Hall–Kier alpha value is -1.40. The lowest BCUT2D eigenvalue weighted by molar-refractivity contribution is -0.121. The van der Waals surface area contributed by atoms with E-state index in [1.54, 1.807) is 13.3 Å². The van der Waals surface area contributed by atoms with Gasteiger partial charge in [0.15, 0.2) is 0 Å². The molecule has 130 valence electrons. The molecule has 2 rings (SSSR count). The first-order valence-corrected chi connectivity index (χ1v) is 8.70. The Morgan fingerprint density at radius 2 is 2.04 bits per heavy atom. The molecule has 23 heavy (non-hydrogen) atoms. The third-order valence-corrected chi connectivity index (χ3v) is 4.53. The molecule has 0 saturated heterocycles. The summed E-state index contributed by atoms with van der Waals surface area (Å²) in [4.78, 5) is 12.2. The third-order valence-electron chi connectivity index (χ3n) is 4.53. The minimum Gasteiger partial charge on any atom is -0.383 e. The van der Waals surface area contributed by atoms with Crippen LogP contribution in [0.3, 0.4) is 0 Å². The van der Waals surface area contributed by atoms with Crippen molar-refractivity contribution >= 4 is 5.91 Å². The van der Waals surface area contributed by atoms with Crippen molar-refractivity contribution < 1.29 is 9.53 Å². The molecular weight excluding hydrogens is 292 g/mol. The van der Waals surface area contributed by atoms with E-state index < -0.39 is 0 Å². The first-order chi connectivity index (χ1) is 11.2. The number of rotatable bonds is 7. The number of methoxy groups -OCH3 is 1. The summed E-state index contributed by atoms with van der Waals surface area (Å²) in [5.74, 6) is 0.0684. The molecule has 0 spiro atoms. The zero-order chi connectivity index (χ0) is 16.5. The molecule has 1 aliphatic rings. The number of nitrogens with zero attached hydrogens (tertiary/aromatic N) is 2. The second-order valence-electron chi connectivity index (χ2n) is 6.38. The molecule has 0 aliphatic heterocycles. The zero-order valence-electron chi connectivity index (χ0n) is 14.4. The van der Waals surface area contributed by atoms with Gasteiger partial charge in [0.1, 0.15) is 0 Å². The number of aromatic nitrogens is 2. The standard InChI is InChI=1S/C17H30N4O2/c1-21-16(10-11-19-21)15(13-23-2)18-12-17(22)20-14-8-6-4-3-5-7-9-14/h10-11,14-15,18H,3-9,12-13H2,1-2H3,(H,20,22)/t15-/m0/s1. The molecule has 0 bridgehead atoms. The Morgan fingerprint density at radius 1 is 1.35 bits per heavy atom. The topological polar surface area (TPSA) is 68.2 Å². The Kier molecular flexibility index (Phi) is 7.55. The number of ether oxygens (including phenoxy) is 1. The average Bonchev–Trinajstić information content (AvgIpc) is 2.92. The maximum Gasteiger partial charge on any atom is 0.234 e. The molecule has 6 nitrogen and oxygen atoms in total. The smallest absolute Gasteiger partial charge is 0.234 e. The van der Waals surface area contributed by atoms with Crippen LogP contribution in [-0.2, 0) is 16.6 Å². The van der Waals surface area contributed by atoms with Crippen molar-refractivity contribution in [3.05, 3.63) is 18.0 Å². The quantitative estimate of drug-likeness (QED) is 0.805. The van der Waals surface area contributed by atoms with Gasteiger partial charge in [0, 0.05) is 26.4 Å². The van der Waals surface area contributed by atoms with Crippen LogP contribution in [0.15, 0.2) is 12.3 Å². The SMILES string of the molecule is COC[C@H](NCC(=O)NC1CCCCCCC1)c1ccnn1C. The summed E-state index contributed by atoms with van der Waals surface area (Å²) >= 11 is 0. The van der Waals surface area contributed by atoms with Crippen molar-refractivity contribution in [1.82, 2.24) is 20.4 Å². The largest absolute Gasteiger partial charge is 0.383 e. The van der Waals surface area contributed by atoms with E-state index in [-0.39, 0.29) is 11.9 Å². The second kappa shape index (κ2) is 9.67. The molecule has 1 aromatic rings. The van der Waals surface area contributed by atoms with Crippen molar-refractivity contribution in [2.75, 3.05) is 20.3 Å². The fourth-order valence-corrected chi connectivity index (χ4v) is 3.24. The van der Waals surface area contributed by atoms with Gasteiger partial charge < -0.3 is 10.1 Å². The third kappa shape index (κ3) is 5.95. The highest BCUT2D eigenvalue weighted by atomic mass is 16.5. The molecule has 1 fully saturated rings. The van der Waals surface area contributed by atoms with Gasteiger partial charge in [0.2, 0.25) is 5.91 Å². The van der Waals surface area contributed by atoms with Crippen LogP contribution >= 0.6 is 0 Å². The number of nitrogens with one attached hydrogen (secondary N) is 2. The maximum atomic E-state index is 12.2. The van der Waals surface area contributed by atoms with Gasteiger partial charge in [-0.2, -0.15) is 5.10 Å². The predicted molar refractivity (Wildman–Crippen MR) is 90.1 cm³/mol. The molecule has 1 saturated carbocycles. The lowest BCUT2D eigenvalue weighted by atomic mass is 9.97. The second-order valence-corrected chi connectivity index (χ2v) is 6.38. The van der Waals surface area contributed by atoms with Crippen LogP contribution < -0.4 is 10.6 Å². The maximum absolute atomic E-state index is 12.2. The van der Waals surface area contributed by atoms with Crippen molar-refractivity contribution in [3.63, 3.8) is 0 Å². The van der Waals surface area contributed by atoms with Gasteiger partial charge in [0.05, 0.1) is 24.9 Å². The first-order valence-electron chi connectivity index (χ1n) is 8.70. The molecule has 1 heterocycles. The van der Waals surface area contributed by atoms with Crippen molar-refractivity contribution in [3.8, 4) is 0 Å². The van der Waals surface area contributed by atoms with Crippen LogP contribution in [0.1, 0.15) is 56.7 Å². The number of hydrogen-bond donors (Lipinski definition) is 2. The molecular formula is C17H30N4O2. The van der Waals surface area contributed by atoms with Gasteiger partial charge >= 0.3 is 0 Å². The van der Waals surface area contributed by atoms with Crippen molar-refractivity contribution in [2.45, 2.75) is 57.0 Å². The molecule has 1 amide bonds. The monoisotopic (exact) mass is 322 g/mol. The highest BCUT2D eigenvalue weighted by molar-refractivity contribution is 5.78. The Bertz CT molecular complexity index is 467. The van der Waals surface area contributed by atoms with E-state index in [2.05, 4.69) is 15.7 Å². The lowest BCUT2D eigenvalue weighted by Crippen LogP contribution is -2.42. The molecule has 2 N–H and O–H groups in total. The fraction of sp³-hybridized carbons (Fsp3) is 0.765.